The van der Waals surface area contributed by atoms with Gasteiger partial charge in [-0.3, -0.25) is 0 Å². The minimum absolute atomic E-state index is 0.184. The van der Waals surface area contributed by atoms with Crippen LogP contribution in [-0.4, -0.2) is 48.8 Å². The van der Waals surface area contributed by atoms with Crippen molar-refractivity contribution in [2.24, 2.45) is 0 Å². The monoisotopic (exact) mass is 213 g/mol. The third kappa shape index (κ3) is 7.32. The predicted molar refractivity (Wildman–Crippen MR) is 61.5 cm³/mol. The Morgan fingerprint density at radius 1 is 1.53 bits per heavy atom. The summed E-state index contributed by atoms with van der Waals surface area (Å²) < 4.78 is 0. The van der Waals surface area contributed by atoms with Crippen LogP contribution in [0.15, 0.2) is 0 Å². The molecule has 2 unspecified atom stereocenters. The predicted octanol–water partition coefficient (Wildman–Crippen LogP) is 0.581. The zero-order valence-electron chi connectivity index (χ0n) is 10.2. The lowest BCUT2D eigenvalue weighted by Crippen LogP contribution is -2.48. The maximum Gasteiger partial charge on any atom is 0.0869 e. The standard InChI is InChI=1S/C11H23N3O/c1-5-10(6-7-12)13-8-11(2,15)9-14(3)4/h10,13,15H,5-6,8-9H2,1-4H3. The number of aliphatic hydroxyl groups is 1. The molecule has 0 aromatic rings. The van der Waals surface area contributed by atoms with Crippen molar-refractivity contribution in [1.29, 1.82) is 5.26 Å². The summed E-state index contributed by atoms with van der Waals surface area (Å²) in [6.45, 7) is 4.98. The van der Waals surface area contributed by atoms with Crippen molar-refractivity contribution in [3.63, 3.8) is 0 Å². The Bertz CT molecular complexity index is 208. The Kier molecular flexibility index (Phi) is 6.50. The highest BCUT2D eigenvalue weighted by molar-refractivity contribution is 4.84. The second kappa shape index (κ2) is 6.78. The molecule has 0 spiro atoms. The van der Waals surface area contributed by atoms with Gasteiger partial charge < -0.3 is 15.3 Å². The zero-order valence-corrected chi connectivity index (χ0v) is 10.2. The molecule has 4 heteroatoms. The van der Waals surface area contributed by atoms with E-state index in [1.807, 2.05) is 25.9 Å². The molecule has 0 radical (unpaired) electrons. The van der Waals surface area contributed by atoms with Gasteiger partial charge in [-0.25, -0.2) is 0 Å². The summed E-state index contributed by atoms with van der Waals surface area (Å²) in [5, 5.41) is 21.8. The molecule has 0 heterocycles. The fraction of sp³-hybridized carbons (Fsp3) is 0.909. The molecule has 0 aromatic heterocycles. The van der Waals surface area contributed by atoms with E-state index in [4.69, 9.17) is 5.26 Å². The van der Waals surface area contributed by atoms with Crippen LogP contribution in [0, 0.1) is 11.3 Å². The molecule has 0 aliphatic carbocycles. The van der Waals surface area contributed by atoms with E-state index < -0.39 is 5.60 Å². The van der Waals surface area contributed by atoms with Gasteiger partial charge in [-0.2, -0.15) is 5.26 Å². The number of nitrogens with zero attached hydrogens (tertiary/aromatic N) is 2. The summed E-state index contributed by atoms with van der Waals surface area (Å²) >= 11 is 0. The third-order valence-corrected chi connectivity index (χ3v) is 2.26. The number of rotatable bonds is 7. The average molecular weight is 213 g/mol. The van der Waals surface area contributed by atoms with Crippen LogP contribution in [0.3, 0.4) is 0 Å². The highest BCUT2D eigenvalue weighted by Gasteiger charge is 2.22. The lowest BCUT2D eigenvalue weighted by molar-refractivity contribution is 0.0313. The molecule has 0 saturated carbocycles. The van der Waals surface area contributed by atoms with Crippen LogP contribution in [0.4, 0.5) is 0 Å². The summed E-state index contributed by atoms with van der Waals surface area (Å²) in [6.07, 6.45) is 1.40. The Morgan fingerprint density at radius 2 is 2.13 bits per heavy atom. The fourth-order valence-electron chi connectivity index (χ4n) is 1.57. The third-order valence-electron chi connectivity index (χ3n) is 2.26. The summed E-state index contributed by atoms with van der Waals surface area (Å²) in [7, 11) is 3.86. The Morgan fingerprint density at radius 3 is 2.53 bits per heavy atom. The van der Waals surface area contributed by atoms with Gasteiger partial charge in [0, 0.05) is 19.1 Å². The molecule has 0 aliphatic rings. The summed E-state index contributed by atoms with van der Waals surface area (Å²) in [4.78, 5) is 1.95. The summed E-state index contributed by atoms with van der Waals surface area (Å²) in [5.74, 6) is 0. The quantitative estimate of drug-likeness (QED) is 0.649. The maximum atomic E-state index is 10.0. The molecular formula is C11H23N3O. The van der Waals surface area contributed by atoms with Gasteiger partial charge in [0.15, 0.2) is 0 Å². The Balaban J connectivity index is 3.95. The molecule has 0 fully saturated rings. The molecule has 88 valence electrons. The van der Waals surface area contributed by atoms with Gasteiger partial charge >= 0.3 is 0 Å². The van der Waals surface area contributed by atoms with Gasteiger partial charge in [-0.15, -0.1) is 0 Å². The van der Waals surface area contributed by atoms with Crippen LogP contribution < -0.4 is 5.32 Å². The lowest BCUT2D eigenvalue weighted by atomic mass is 10.1. The van der Waals surface area contributed by atoms with Crippen molar-refractivity contribution in [1.82, 2.24) is 10.2 Å². The molecular weight excluding hydrogens is 190 g/mol. The molecule has 0 aromatic carbocycles. The van der Waals surface area contributed by atoms with E-state index in [9.17, 15) is 5.11 Å². The van der Waals surface area contributed by atoms with Crippen molar-refractivity contribution < 1.29 is 5.11 Å². The van der Waals surface area contributed by atoms with E-state index in [1.54, 1.807) is 6.92 Å². The zero-order chi connectivity index (χ0) is 11.9. The second-order valence-corrected chi connectivity index (χ2v) is 4.58. The second-order valence-electron chi connectivity index (χ2n) is 4.58. The van der Waals surface area contributed by atoms with Crippen molar-refractivity contribution in [3.05, 3.63) is 0 Å². The van der Waals surface area contributed by atoms with E-state index in [2.05, 4.69) is 11.4 Å². The Labute approximate surface area is 92.9 Å². The van der Waals surface area contributed by atoms with Gasteiger partial charge in [-0.1, -0.05) is 6.92 Å². The van der Waals surface area contributed by atoms with Crippen LogP contribution in [-0.2, 0) is 0 Å². The normalized spacial score (nSPS) is 17.1. The number of hydrogen-bond donors (Lipinski definition) is 2. The first-order chi connectivity index (χ1) is 6.91. The average Bonchev–Trinajstić information content (AvgIpc) is 2.10. The van der Waals surface area contributed by atoms with Gasteiger partial charge in [0.05, 0.1) is 18.1 Å². The topological polar surface area (TPSA) is 59.3 Å². The molecule has 2 atom stereocenters. The lowest BCUT2D eigenvalue weighted by Gasteiger charge is -2.29. The first kappa shape index (κ1) is 14.4. The highest BCUT2D eigenvalue weighted by Crippen LogP contribution is 2.05. The smallest absolute Gasteiger partial charge is 0.0869 e. The van der Waals surface area contributed by atoms with Crippen LogP contribution in [0.5, 0.6) is 0 Å². The molecule has 0 aliphatic heterocycles. The van der Waals surface area contributed by atoms with E-state index in [-0.39, 0.29) is 6.04 Å². The van der Waals surface area contributed by atoms with Crippen LogP contribution >= 0.6 is 0 Å². The SMILES string of the molecule is CCC(CC#N)NCC(C)(O)CN(C)C. The largest absolute Gasteiger partial charge is 0.388 e. The number of hydrogen-bond acceptors (Lipinski definition) is 4. The number of nitrogens with one attached hydrogen (secondary N) is 1. The maximum absolute atomic E-state index is 10.0. The van der Waals surface area contributed by atoms with Crippen LogP contribution in [0.1, 0.15) is 26.7 Å². The number of likely N-dealkylation sites (N-methyl/N-ethyl adjacent to an activating group) is 1. The molecule has 2 N–H and O–H groups in total. The molecule has 0 amide bonds. The molecule has 0 rings (SSSR count). The van der Waals surface area contributed by atoms with Crippen molar-refractivity contribution in [2.45, 2.75) is 38.3 Å². The summed E-state index contributed by atoms with van der Waals surface area (Å²) in [5.41, 5.74) is -0.744. The first-order valence-electron chi connectivity index (χ1n) is 5.38. The molecule has 0 bridgehead atoms. The van der Waals surface area contributed by atoms with Gasteiger partial charge in [0.25, 0.3) is 0 Å². The minimum Gasteiger partial charge on any atom is -0.388 e. The first-order valence-corrected chi connectivity index (χ1v) is 5.38. The van der Waals surface area contributed by atoms with Gasteiger partial charge in [0.1, 0.15) is 0 Å². The molecule has 15 heavy (non-hydrogen) atoms. The van der Waals surface area contributed by atoms with Gasteiger partial charge in [0.2, 0.25) is 0 Å². The van der Waals surface area contributed by atoms with E-state index in [1.165, 1.54) is 0 Å². The molecule has 0 saturated heterocycles. The van der Waals surface area contributed by atoms with E-state index >= 15 is 0 Å². The minimum atomic E-state index is -0.744. The Hall–Kier alpha value is -0.630. The fourth-order valence-corrected chi connectivity index (χ4v) is 1.57. The van der Waals surface area contributed by atoms with Gasteiger partial charge in [-0.05, 0) is 27.4 Å². The van der Waals surface area contributed by atoms with E-state index in [0.717, 1.165) is 6.42 Å². The number of nitriles is 1. The van der Waals surface area contributed by atoms with Crippen molar-refractivity contribution in [3.8, 4) is 6.07 Å². The molecule has 4 nitrogen and oxygen atoms in total. The van der Waals surface area contributed by atoms with Crippen LogP contribution in [0.25, 0.3) is 0 Å². The van der Waals surface area contributed by atoms with Crippen LogP contribution in [0.2, 0.25) is 0 Å². The van der Waals surface area contributed by atoms with Crippen molar-refractivity contribution in [2.75, 3.05) is 27.2 Å². The van der Waals surface area contributed by atoms with Crippen molar-refractivity contribution >= 4 is 0 Å². The highest BCUT2D eigenvalue weighted by atomic mass is 16.3. The van der Waals surface area contributed by atoms with E-state index in [0.29, 0.717) is 19.5 Å². The summed E-state index contributed by atoms with van der Waals surface area (Å²) in [6, 6.07) is 2.33.